The molecule has 0 N–H and O–H groups in total. The number of allylic oxidation sites excluding steroid dienone is 1. The highest BCUT2D eigenvalue weighted by Gasteiger charge is 2.64. The van der Waals surface area contributed by atoms with Crippen LogP contribution in [0.15, 0.2) is 11.6 Å². The summed E-state index contributed by atoms with van der Waals surface area (Å²) in [6, 6.07) is 0. The third-order valence-corrected chi connectivity index (χ3v) is 22.4. The normalized spacial score (nSPS) is 38.2. The summed E-state index contributed by atoms with van der Waals surface area (Å²) >= 11 is 0. The van der Waals surface area contributed by atoms with E-state index in [9.17, 15) is 9.59 Å². The van der Waals surface area contributed by atoms with Gasteiger partial charge in [0.25, 0.3) is 0 Å². The van der Waals surface area contributed by atoms with Crippen molar-refractivity contribution in [3.63, 3.8) is 0 Å². The van der Waals surface area contributed by atoms with Gasteiger partial charge in [0.15, 0.2) is 22.4 Å². The van der Waals surface area contributed by atoms with Crippen LogP contribution in [0.3, 0.4) is 0 Å². The topological polar surface area (TPSA) is 61.8 Å². The zero-order chi connectivity index (χ0) is 31.8. The van der Waals surface area contributed by atoms with Gasteiger partial charge in [0, 0.05) is 30.5 Å². The van der Waals surface area contributed by atoms with E-state index in [1.54, 1.807) is 0 Å². The van der Waals surface area contributed by atoms with Gasteiger partial charge in [-0.05, 0) is 117 Å². The van der Waals surface area contributed by atoms with Gasteiger partial charge >= 0.3 is 5.97 Å². The molecule has 4 rings (SSSR count). The molecule has 0 bridgehead atoms. The van der Waals surface area contributed by atoms with Crippen molar-refractivity contribution in [2.75, 3.05) is 0 Å². The smallest absolute Gasteiger partial charge is 0.303 e. The molecular weight excluding hydrogens is 557 g/mol. The second-order valence-electron chi connectivity index (χ2n) is 18.0. The molecule has 42 heavy (non-hydrogen) atoms. The minimum Gasteiger partial charge on any atom is -0.458 e. The molecule has 0 aromatic carbocycles. The number of esters is 1. The van der Waals surface area contributed by atoms with Crippen molar-refractivity contribution in [2.45, 2.75) is 162 Å². The number of carbonyl (C=O) groups is 2. The Hall–Kier alpha value is -0.766. The van der Waals surface area contributed by atoms with Crippen LogP contribution >= 0.6 is 0 Å². The van der Waals surface area contributed by atoms with Crippen LogP contribution in [0.4, 0.5) is 0 Å². The maximum Gasteiger partial charge on any atom is 0.303 e. The Morgan fingerprint density at radius 2 is 1.48 bits per heavy atom. The van der Waals surface area contributed by atoms with Gasteiger partial charge in [-0.25, -0.2) is 0 Å². The van der Waals surface area contributed by atoms with Crippen LogP contribution in [0.25, 0.3) is 0 Å². The molecule has 9 atom stereocenters. The highest BCUT2D eigenvalue weighted by Crippen LogP contribution is 2.67. The van der Waals surface area contributed by atoms with E-state index in [-0.39, 0.29) is 62.8 Å². The van der Waals surface area contributed by atoms with E-state index < -0.39 is 16.6 Å². The van der Waals surface area contributed by atoms with Gasteiger partial charge in [-0.1, -0.05) is 55.4 Å². The number of hydrogen-bond donors (Lipinski definition) is 0. The predicted octanol–water partition coefficient (Wildman–Crippen LogP) is 9.09. The Labute approximate surface area is 259 Å². The average Bonchev–Trinajstić information content (AvgIpc) is 3.08. The maximum atomic E-state index is 13.9. The standard InChI is InChI=1S/C35H62O5Si2/c1-22(38-23(2)36)27-21-29(37)31-25-20-30(40-42(13,14)33(6,7)8)28-19-24(39-41(11,12)32(3,4)5)15-17-34(28,9)26(25)16-18-35(27,31)10/h21-22,24-26,28,30-31H,15-20H2,1-14H3/t22-,24-,25+,26-,28+,30-,31+,34+,35+/m0/s1. The third kappa shape index (κ3) is 5.82. The summed E-state index contributed by atoms with van der Waals surface area (Å²) in [4.78, 5) is 25.8. The van der Waals surface area contributed by atoms with Gasteiger partial charge in [0.1, 0.15) is 6.10 Å². The average molecular weight is 619 g/mol. The fourth-order valence-corrected chi connectivity index (χ4v) is 11.8. The summed E-state index contributed by atoms with van der Waals surface area (Å²) in [5.74, 6) is 1.10. The fourth-order valence-electron chi connectivity index (χ4n) is 8.98. The van der Waals surface area contributed by atoms with Crippen molar-refractivity contribution < 1.29 is 23.2 Å². The van der Waals surface area contributed by atoms with Crippen molar-refractivity contribution in [2.24, 2.45) is 34.5 Å². The number of carbonyl (C=O) groups excluding carboxylic acids is 2. The Morgan fingerprint density at radius 3 is 2.02 bits per heavy atom. The minimum absolute atomic E-state index is 0.0613. The second-order valence-corrected chi connectivity index (χ2v) is 27.5. The van der Waals surface area contributed by atoms with Gasteiger partial charge in [0.05, 0.1) is 0 Å². The summed E-state index contributed by atoms with van der Waals surface area (Å²) in [5, 5.41) is 0.303. The molecule has 4 aliphatic carbocycles. The highest BCUT2D eigenvalue weighted by molar-refractivity contribution is 6.74. The molecule has 5 nitrogen and oxygen atoms in total. The van der Waals surface area contributed by atoms with Crippen molar-refractivity contribution in [1.29, 1.82) is 0 Å². The molecule has 3 fully saturated rings. The molecule has 240 valence electrons. The Kier molecular flexibility index (Phi) is 8.89. The molecule has 0 aromatic heterocycles. The lowest BCUT2D eigenvalue weighted by molar-refractivity contribution is -0.166. The monoisotopic (exact) mass is 618 g/mol. The quantitative estimate of drug-likeness (QED) is 0.219. The van der Waals surface area contributed by atoms with E-state index in [2.05, 4.69) is 81.6 Å². The molecule has 0 radical (unpaired) electrons. The first-order valence-electron chi connectivity index (χ1n) is 16.7. The fraction of sp³-hybridized carbons (Fsp3) is 0.886. The Bertz CT molecular complexity index is 1100. The highest BCUT2D eigenvalue weighted by atomic mass is 28.4. The summed E-state index contributed by atoms with van der Waals surface area (Å²) in [6.07, 6.45) is 8.22. The number of rotatable bonds is 6. The van der Waals surface area contributed by atoms with Crippen molar-refractivity contribution >= 4 is 28.4 Å². The lowest BCUT2D eigenvalue weighted by Gasteiger charge is -2.63. The summed E-state index contributed by atoms with van der Waals surface area (Å²) in [6.45, 7) is 31.7. The molecule has 0 spiro atoms. The number of ketones is 1. The molecule has 0 amide bonds. The van der Waals surface area contributed by atoms with Gasteiger partial charge in [-0.2, -0.15) is 0 Å². The summed E-state index contributed by atoms with van der Waals surface area (Å²) in [5.41, 5.74) is 0.877. The largest absolute Gasteiger partial charge is 0.458 e. The lowest BCUT2D eigenvalue weighted by atomic mass is 9.44. The molecule has 0 heterocycles. The van der Waals surface area contributed by atoms with Crippen LogP contribution in [-0.4, -0.2) is 46.7 Å². The molecule has 0 aromatic rings. The molecule has 0 unspecified atom stereocenters. The minimum atomic E-state index is -2.06. The Morgan fingerprint density at radius 1 is 0.905 bits per heavy atom. The van der Waals surface area contributed by atoms with Crippen LogP contribution in [0.5, 0.6) is 0 Å². The van der Waals surface area contributed by atoms with Crippen molar-refractivity contribution in [3.05, 3.63) is 11.6 Å². The van der Waals surface area contributed by atoms with Crippen LogP contribution in [-0.2, 0) is 23.2 Å². The predicted molar refractivity (Wildman–Crippen MR) is 176 cm³/mol. The summed E-state index contributed by atoms with van der Waals surface area (Å²) < 4.78 is 20.1. The van der Waals surface area contributed by atoms with E-state index >= 15 is 0 Å². The molecular formula is C35H62O5Si2. The van der Waals surface area contributed by atoms with Crippen LogP contribution in [0, 0.1) is 34.5 Å². The number of fused-ring (bicyclic) bond motifs is 5. The van der Waals surface area contributed by atoms with Gasteiger partial charge in [-0.3, -0.25) is 9.59 Å². The van der Waals surface area contributed by atoms with E-state index in [0.717, 1.165) is 44.1 Å². The summed E-state index contributed by atoms with van der Waals surface area (Å²) in [7, 11) is -3.96. The SMILES string of the molecule is CC(=O)O[C@@H](C)C1=CC(=O)[C@H]2[C@@H]3C[C@H](O[Si](C)(C)C(C)(C)C)[C@H]4C[C@@H](O[Si](C)(C)C(C)(C)C)CC[C@]4(C)[C@H]3CC[C@]12C. The number of hydrogen-bond acceptors (Lipinski definition) is 5. The lowest BCUT2D eigenvalue weighted by Crippen LogP contribution is -2.62. The van der Waals surface area contributed by atoms with Crippen LogP contribution < -0.4 is 0 Å². The second kappa shape index (κ2) is 10.9. The maximum absolute atomic E-state index is 13.9. The first-order valence-corrected chi connectivity index (χ1v) is 22.5. The molecule has 4 aliphatic rings. The number of ether oxygens (including phenoxy) is 1. The first kappa shape index (κ1) is 34.1. The molecule has 7 heteroatoms. The van der Waals surface area contributed by atoms with Crippen LogP contribution in [0.1, 0.15) is 108 Å². The van der Waals surface area contributed by atoms with Crippen molar-refractivity contribution in [1.82, 2.24) is 0 Å². The third-order valence-electron chi connectivity index (χ3n) is 13.3. The Balaban J connectivity index is 1.70. The van der Waals surface area contributed by atoms with Gasteiger partial charge in [-0.15, -0.1) is 0 Å². The molecule has 0 aliphatic heterocycles. The van der Waals surface area contributed by atoms with E-state index in [0.29, 0.717) is 11.8 Å². The van der Waals surface area contributed by atoms with Crippen molar-refractivity contribution in [3.8, 4) is 0 Å². The van der Waals surface area contributed by atoms with Gasteiger partial charge < -0.3 is 13.6 Å². The van der Waals surface area contributed by atoms with Gasteiger partial charge in [0.2, 0.25) is 0 Å². The van der Waals surface area contributed by atoms with E-state index in [1.807, 2.05) is 13.0 Å². The zero-order valence-corrected chi connectivity index (χ0v) is 31.4. The molecule has 0 saturated heterocycles. The van der Waals surface area contributed by atoms with E-state index in [4.69, 9.17) is 13.6 Å². The zero-order valence-electron chi connectivity index (χ0n) is 29.4. The molecule has 3 saturated carbocycles. The first-order chi connectivity index (χ1) is 18.9. The van der Waals surface area contributed by atoms with E-state index in [1.165, 1.54) is 6.92 Å². The van der Waals surface area contributed by atoms with Crippen LogP contribution in [0.2, 0.25) is 36.3 Å².